The molecule has 0 unspecified atom stereocenters. The van der Waals surface area contributed by atoms with Gasteiger partial charge in [0.05, 0.1) is 18.0 Å². The van der Waals surface area contributed by atoms with E-state index in [0.29, 0.717) is 45.6 Å². The third-order valence-corrected chi connectivity index (χ3v) is 3.58. The van der Waals surface area contributed by atoms with Gasteiger partial charge in [0.1, 0.15) is 17.8 Å². The molecule has 0 aliphatic rings. The number of ether oxygens (including phenoxy) is 1. The Balaban J connectivity index is 1.77. The van der Waals surface area contributed by atoms with Crippen molar-refractivity contribution in [2.45, 2.75) is 6.92 Å². The summed E-state index contributed by atoms with van der Waals surface area (Å²) in [6, 6.07) is 6.74. The largest absolute Gasteiger partial charge is 0.481 e. The molecular weight excluding hydrogens is 324 g/mol. The minimum absolute atomic E-state index is 0.187. The van der Waals surface area contributed by atoms with Crippen LogP contribution in [0.5, 0.6) is 5.88 Å². The lowest BCUT2D eigenvalue weighted by molar-refractivity contribution is 0.397. The Morgan fingerprint density at radius 2 is 2.04 bits per heavy atom. The van der Waals surface area contributed by atoms with Gasteiger partial charge in [-0.25, -0.2) is 15.0 Å². The maximum atomic E-state index is 11.9. The second kappa shape index (κ2) is 5.78. The molecule has 0 aliphatic heterocycles. The number of hydrogen-bond acceptors (Lipinski definition) is 8. The molecule has 0 aliphatic carbocycles. The van der Waals surface area contributed by atoms with Crippen molar-refractivity contribution >= 4 is 10.9 Å². The molecule has 25 heavy (non-hydrogen) atoms. The number of aromatic amines is 1. The van der Waals surface area contributed by atoms with E-state index in [2.05, 4.69) is 30.1 Å². The zero-order chi connectivity index (χ0) is 17.4. The van der Waals surface area contributed by atoms with Gasteiger partial charge in [-0.3, -0.25) is 4.79 Å². The van der Waals surface area contributed by atoms with Crippen LogP contribution in [0.2, 0.25) is 0 Å². The Morgan fingerprint density at radius 3 is 2.88 bits per heavy atom. The monoisotopic (exact) mass is 336 g/mol. The fourth-order valence-corrected chi connectivity index (χ4v) is 2.41. The van der Waals surface area contributed by atoms with E-state index in [4.69, 9.17) is 9.26 Å². The zero-order valence-electron chi connectivity index (χ0n) is 13.3. The van der Waals surface area contributed by atoms with Gasteiger partial charge in [-0.05, 0) is 25.1 Å². The molecular formula is C16H12N6O3. The van der Waals surface area contributed by atoms with Crippen molar-refractivity contribution in [1.29, 1.82) is 0 Å². The highest BCUT2D eigenvalue weighted by Gasteiger charge is 2.14. The van der Waals surface area contributed by atoms with Crippen LogP contribution in [0.25, 0.3) is 33.9 Å². The molecule has 0 amide bonds. The van der Waals surface area contributed by atoms with Gasteiger partial charge < -0.3 is 14.2 Å². The predicted molar refractivity (Wildman–Crippen MR) is 88.0 cm³/mol. The van der Waals surface area contributed by atoms with E-state index < -0.39 is 0 Å². The Hall–Kier alpha value is -3.62. The summed E-state index contributed by atoms with van der Waals surface area (Å²) >= 11 is 0. The first-order chi connectivity index (χ1) is 12.1. The SMILES string of the molecule is COc1cc(-c2noc(-c3ccc4c(=O)[nH]c(C)nc4c3)n2)ncn1. The van der Waals surface area contributed by atoms with Gasteiger partial charge in [0.15, 0.2) is 0 Å². The van der Waals surface area contributed by atoms with Crippen molar-refractivity contribution in [1.82, 2.24) is 30.1 Å². The molecule has 1 N–H and O–H groups in total. The van der Waals surface area contributed by atoms with E-state index in [-0.39, 0.29) is 5.56 Å². The molecule has 3 aromatic heterocycles. The predicted octanol–water partition coefficient (Wildman–Crippen LogP) is 1.75. The summed E-state index contributed by atoms with van der Waals surface area (Å²) in [6.07, 6.45) is 1.36. The third kappa shape index (κ3) is 2.71. The number of methoxy groups -OCH3 is 1. The van der Waals surface area contributed by atoms with Gasteiger partial charge in [0.25, 0.3) is 11.4 Å². The molecule has 0 spiro atoms. The van der Waals surface area contributed by atoms with E-state index >= 15 is 0 Å². The van der Waals surface area contributed by atoms with Gasteiger partial charge in [0, 0.05) is 11.6 Å². The van der Waals surface area contributed by atoms with Crippen LogP contribution in [0, 0.1) is 6.92 Å². The maximum Gasteiger partial charge on any atom is 0.258 e. The summed E-state index contributed by atoms with van der Waals surface area (Å²) in [7, 11) is 1.51. The highest BCUT2D eigenvalue weighted by Crippen LogP contribution is 2.24. The third-order valence-electron chi connectivity index (χ3n) is 3.58. The number of rotatable bonds is 3. The standard InChI is InChI=1S/C16H12N6O3/c1-8-19-11-5-9(3-4-10(11)15(23)20-8)16-21-14(22-25-16)12-6-13(24-2)18-7-17-12/h3-7H,1-2H3,(H,19,20,23). The van der Waals surface area contributed by atoms with Gasteiger partial charge in [-0.2, -0.15) is 4.98 Å². The molecule has 9 heteroatoms. The molecule has 0 saturated carbocycles. The lowest BCUT2D eigenvalue weighted by Gasteiger charge is -2.00. The Morgan fingerprint density at radius 1 is 1.16 bits per heavy atom. The molecule has 3 heterocycles. The molecule has 0 bridgehead atoms. The molecule has 4 aromatic rings. The van der Waals surface area contributed by atoms with Crippen LogP contribution >= 0.6 is 0 Å². The summed E-state index contributed by atoms with van der Waals surface area (Å²) in [4.78, 5) is 31.3. The van der Waals surface area contributed by atoms with Crippen LogP contribution in [0.4, 0.5) is 0 Å². The van der Waals surface area contributed by atoms with Crippen LogP contribution in [-0.2, 0) is 0 Å². The normalized spacial score (nSPS) is 11.0. The van der Waals surface area contributed by atoms with E-state index in [9.17, 15) is 4.79 Å². The molecule has 0 radical (unpaired) electrons. The number of aromatic nitrogens is 6. The topological polar surface area (TPSA) is 120 Å². The van der Waals surface area contributed by atoms with E-state index in [1.165, 1.54) is 13.4 Å². The Kier molecular flexibility index (Phi) is 3.46. The van der Waals surface area contributed by atoms with Crippen molar-refractivity contribution in [3.63, 3.8) is 0 Å². The summed E-state index contributed by atoms with van der Waals surface area (Å²) < 4.78 is 10.4. The van der Waals surface area contributed by atoms with E-state index in [0.717, 1.165) is 0 Å². The molecule has 0 atom stereocenters. The lowest BCUT2D eigenvalue weighted by Crippen LogP contribution is -2.09. The number of nitrogens with zero attached hydrogens (tertiary/aromatic N) is 5. The van der Waals surface area contributed by atoms with Gasteiger partial charge in [-0.1, -0.05) is 5.16 Å². The fourth-order valence-electron chi connectivity index (χ4n) is 2.41. The van der Waals surface area contributed by atoms with E-state index in [1.54, 1.807) is 31.2 Å². The number of H-pyrrole nitrogens is 1. The summed E-state index contributed by atoms with van der Waals surface area (Å²) in [5.74, 6) is 1.55. The average molecular weight is 336 g/mol. The second-order valence-electron chi connectivity index (χ2n) is 5.25. The second-order valence-corrected chi connectivity index (χ2v) is 5.25. The Bertz CT molecular complexity index is 1130. The number of nitrogens with one attached hydrogen (secondary N) is 1. The average Bonchev–Trinajstić information content (AvgIpc) is 3.11. The van der Waals surface area contributed by atoms with Crippen molar-refractivity contribution in [3.05, 3.63) is 46.8 Å². The fraction of sp³-hybridized carbons (Fsp3) is 0.125. The highest BCUT2D eigenvalue weighted by molar-refractivity contribution is 5.82. The molecule has 4 rings (SSSR count). The molecule has 0 saturated heterocycles. The molecule has 0 fully saturated rings. The van der Waals surface area contributed by atoms with Gasteiger partial charge in [-0.15, -0.1) is 0 Å². The van der Waals surface area contributed by atoms with Gasteiger partial charge in [0.2, 0.25) is 11.7 Å². The van der Waals surface area contributed by atoms with Crippen LogP contribution in [-0.4, -0.2) is 37.2 Å². The van der Waals surface area contributed by atoms with Crippen molar-refractivity contribution in [3.8, 4) is 28.9 Å². The Labute approximate surface area is 140 Å². The van der Waals surface area contributed by atoms with E-state index in [1.807, 2.05) is 0 Å². The summed E-state index contributed by atoms with van der Waals surface area (Å²) in [5.41, 5.74) is 1.51. The summed E-state index contributed by atoms with van der Waals surface area (Å²) in [6.45, 7) is 1.72. The smallest absolute Gasteiger partial charge is 0.258 e. The number of aryl methyl sites for hydroxylation is 1. The summed E-state index contributed by atoms with van der Waals surface area (Å²) in [5, 5.41) is 4.43. The van der Waals surface area contributed by atoms with Crippen molar-refractivity contribution in [2.24, 2.45) is 0 Å². The van der Waals surface area contributed by atoms with Crippen LogP contribution in [0.3, 0.4) is 0 Å². The van der Waals surface area contributed by atoms with Crippen molar-refractivity contribution < 1.29 is 9.26 Å². The minimum atomic E-state index is -0.187. The van der Waals surface area contributed by atoms with Crippen LogP contribution in [0.15, 0.2) is 39.9 Å². The number of fused-ring (bicyclic) bond motifs is 1. The molecule has 1 aromatic carbocycles. The highest BCUT2D eigenvalue weighted by atomic mass is 16.5. The van der Waals surface area contributed by atoms with Gasteiger partial charge >= 0.3 is 0 Å². The van der Waals surface area contributed by atoms with Crippen LogP contribution < -0.4 is 10.3 Å². The van der Waals surface area contributed by atoms with Crippen molar-refractivity contribution in [2.75, 3.05) is 7.11 Å². The minimum Gasteiger partial charge on any atom is -0.481 e. The lowest BCUT2D eigenvalue weighted by atomic mass is 10.1. The quantitative estimate of drug-likeness (QED) is 0.601. The number of benzene rings is 1. The molecule has 124 valence electrons. The van der Waals surface area contributed by atoms with Crippen LogP contribution in [0.1, 0.15) is 5.82 Å². The first kappa shape index (κ1) is 14.9. The first-order valence-corrected chi connectivity index (χ1v) is 7.35. The first-order valence-electron chi connectivity index (χ1n) is 7.35. The molecule has 9 nitrogen and oxygen atoms in total. The maximum absolute atomic E-state index is 11.9. The number of hydrogen-bond donors (Lipinski definition) is 1. The zero-order valence-corrected chi connectivity index (χ0v) is 13.3.